The molecule has 708 valence electrons. The van der Waals surface area contributed by atoms with Crippen molar-refractivity contribution in [3.63, 3.8) is 0 Å². The minimum Gasteiger partial charge on any atom is -0.494 e. The van der Waals surface area contributed by atoms with Crippen LogP contribution >= 0.6 is 0 Å². The highest BCUT2D eigenvalue weighted by atomic mass is 19.1. The number of hydrogen-bond donors (Lipinski definition) is 19. The van der Waals surface area contributed by atoms with Gasteiger partial charge in [-0.05, 0) is 136 Å². The molecule has 0 fully saturated rings. The summed E-state index contributed by atoms with van der Waals surface area (Å²) in [5.41, 5.74) is 15.3. The van der Waals surface area contributed by atoms with Gasteiger partial charge in [-0.15, -0.1) is 10.2 Å². The van der Waals surface area contributed by atoms with E-state index in [9.17, 15) is 82.8 Å². The van der Waals surface area contributed by atoms with Gasteiger partial charge in [0.25, 0.3) is 0 Å². The summed E-state index contributed by atoms with van der Waals surface area (Å²) in [6.45, 7) is 8.81. The molecule has 45 heteroatoms. The van der Waals surface area contributed by atoms with Gasteiger partial charge in [0, 0.05) is 68.5 Å². The number of carbonyl (C=O) groups excluding carboxylic acids is 12. The molecule has 0 saturated heterocycles. The Labute approximate surface area is 748 Å². The number of aliphatic carboxylic acids is 1. The van der Waals surface area contributed by atoms with Crippen LogP contribution < -0.4 is 69.0 Å². The summed E-state index contributed by atoms with van der Waals surface area (Å²) < 4.78 is 43.0. The van der Waals surface area contributed by atoms with Crippen LogP contribution in [-0.2, 0) is 126 Å². The van der Waals surface area contributed by atoms with Gasteiger partial charge in [0.2, 0.25) is 70.9 Å². The highest BCUT2D eigenvalue weighted by Gasteiger charge is 2.44. The van der Waals surface area contributed by atoms with Gasteiger partial charge >= 0.3 is 5.97 Å². The van der Waals surface area contributed by atoms with Crippen LogP contribution in [0.2, 0.25) is 0 Å². The number of imidazole rings is 1. The van der Waals surface area contributed by atoms with E-state index in [0.29, 0.717) is 95.3 Å². The number of carbonyl (C=O) groups is 13. The van der Waals surface area contributed by atoms with E-state index in [1.165, 1.54) is 38.4 Å². The topological polar surface area (TPSA) is 659 Å². The van der Waals surface area contributed by atoms with Crippen molar-refractivity contribution in [3.05, 3.63) is 159 Å². The number of ether oxygens (including phenoxy) is 5. The summed E-state index contributed by atoms with van der Waals surface area (Å²) in [4.78, 5) is 189. The SMILES string of the molecule is CCc1cc(OCCCCN=[N+]=[N-])ccc1-c1ccc(C[C@H](NC(=O)[C@H](CC(=O)O)NC(=O)[C@H](CO)NC(=O)[C@@H](NC(=O)[C@@](C)(Cc2ccccc2F)NC(=O)[C@@H](NC(=O)CNC(=O)[C@H](Cc2nn[nH]n2)NC(=O)C(C)(C)C(=O)NCCc2cnc[nH]2)[C@@H](C)O)[C@@H](C)O)C(=O)N[C@@H](CCCc2ccc(CNC(=O)CCOCCOCCOCCOCCO)cc2)C(N)=O)cc1. The number of benzene rings is 4. The number of H-pyrrole nitrogens is 2. The van der Waals surface area contributed by atoms with Crippen LogP contribution in [0, 0.1) is 11.2 Å². The van der Waals surface area contributed by atoms with Gasteiger partial charge in [-0.1, -0.05) is 90.0 Å². The zero-order chi connectivity index (χ0) is 95.1. The predicted octanol–water partition coefficient (Wildman–Crippen LogP) is -1.64. The molecule has 0 aliphatic carbocycles. The maximum Gasteiger partial charge on any atom is 0.305 e. The number of aliphatic hydroxyl groups is 4. The number of rotatable bonds is 62. The molecule has 0 aliphatic heterocycles. The molecule has 6 rings (SSSR count). The number of aromatic amines is 2. The van der Waals surface area contributed by atoms with Crippen LogP contribution in [0.4, 0.5) is 4.39 Å². The molecule has 0 radical (unpaired) electrons. The maximum absolute atomic E-state index is 15.6. The monoisotopic (exact) mass is 1820 g/mol. The Bertz CT molecular complexity index is 4700. The van der Waals surface area contributed by atoms with Gasteiger partial charge in [0.1, 0.15) is 64.8 Å². The summed E-state index contributed by atoms with van der Waals surface area (Å²) in [5.74, 6) is -14.9. The lowest BCUT2D eigenvalue weighted by atomic mass is 9.90. The van der Waals surface area contributed by atoms with E-state index in [2.05, 4.69) is 99.1 Å². The minimum absolute atomic E-state index is 0.0205. The number of tetrazole rings is 1. The molecular formula is C85H118FN21O23. The van der Waals surface area contributed by atoms with Crippen molar-refractivity contribution in [1.29, 1.82) is 0 Å². The number of amides is 12. The van der Waals surface area contributed by atoms with Gasteiger partial charge in [-0.3, -0.25) is 62.3 Å². The Morgan fingerprint density at radius 2 is 1.22 bits per heavy atom. The molecule has 44 nitrogen and oxygen atoms in total. The van der Waals surface area contributed by atoms with Crippen molar-refractivity contribution in [1.82, 2.24) is 89.1 Å². The molecule has 20 N–H and O–H groups in total. The summed E-state index contributed by atoms with van der Waals surface area (Å²) in [6, 6.07) is 11.7. The van der Waals surface area contributed by atoms with E-state index in [1.54, 1.807) is 36.5 Å². The Kier molecular flexibility index (Phi) is 45.3. The molecule has 10 atom stereocenters. The number of halogens is 1. The largest absolute Gasteiger partial charge is 0.494 e. The molecule has 0 saturated carbocycles. The number of aliphatic hydroxyl groups excluding tert-OH is 4. The molecule has 0 aliphatic rings. The molecule has 6 aromatic rings. The summed E-state index contributed by atoms with van der Waals surface area (Å²) >= 11 is 0. The molecule has 2 aromatic heterocycles. The highest BCUT2D eigenvalue weighted by molar-refractivity contribution is 6.06. The number of carboxylic acids is 1. The number of carboxylic acid groups (broad SMARTS) is 1. The Hall–Kier alpha value is -13.0. The van der Waals surface area contributed by atoms with E-state index >= 15 is 4.39 Å². The first-order valence-corrected chi connectivity index (χ1v) is 42.2. The average molecular weight is 1820 g/mol. The molecule has 0 spiro atoms. The van der Waals surface area contributed by atoms with Gasteiger partial charge in [0.15, 0.2) is 5.82 Å². The lowest BCUT2D eigenvalue weighted by molar-refractivity contribution is -0.143. The van der Waals surface area contributed by atoms with Crippen molar-refractivity contribution in [2.24, 2.45) is 16.3 Å². The first-order chi connectivity index (χ1) is 62.2. The van der Waals surface area contributed by atoms with Crippen LogP contribution in [0.15, 0.2) is 109 Å². The number of hydrogen-bond acceptors (Lipinski definition) is 27. The molecule has 130 heavy (non-hydrogen) atoms. The first-order valence-electron chi connectivity index (χ1n) is 42.2. The lowest BCUT2D eigenvalue weighted by Gasteiger charge is -2.34. The molecule has 4 aromatic carbocycles. The normalized spacial score (nSPS) is 13.8. The number of aryl methyl sites for hydroxylation is 2. The van der Waals surface area contributed by atoms with Gasteiger partial charge in [-0.25, -0.2) is 9.37 Å². The fourth-order valence-electron chi connectivity index (χ4n) is 12.8. The number of nitrogens with one attached hydrogen (secondary N) is 13. The number of aromatic nitrogens is 6. The van der Waals surface area contributed by atoms with E-state index in [1.807, 2.05) is 43.3 Å². The van der Waals surface area contributed by atoms with Crippen molar-refractivity contribution >= 4 is 76.9 Å². The van der Waals surface area contributed by atoms with E-state index in [-0.39, 0.29) is 82.5 Å². The first kappa shape index (κ1) is 106. The number of unbranched alkanes of at least 4 members (excludes halogenated alkanes) is 1. The van der Waals surface area contributed by atoms with Crippen molar-refractivity contribution in [3.8, 4) is 16.9 Å². The highest BCUT2D eigenvalue weighted by Crippen LogP contribution is 2.30. The average Bonchev–Trinajstić information content (AvgIpc) is 0.845. The lowest BCUT2D eigenvalue weighted by Crippen LogP contribution is -2.67. The number of nitrogens with zero attached hydrogens (tertiary/aromatic N) is 7. The van der Waals surface area contributed by atoms with Crippen molar-refractivity contribution in [2.75, 3.05) is 92.3 Å². The van der Waals surface area contributed by atoms with Gasteiger partial charge in [-0.2, -0.15) is 5.21 Å². The van der Waals surface area contributed by atoms with Crippen molar-refractivity contribution < 1.29 is 116 Å². The molecule has 0 bridgehead atoms. The third kappa shape index (κ3) is 36.6. The second-order valence-corrected chi connectivity index (χ2v) is 31.0. The molecule has 2 heterocycles. The zero-order valence-corrected chi connectivity index (χ0v) is 73.3. The van der Waals surface area contributed by atoms with Crippen LogP contribution in [-0.4, -0.2) is 285 Å². The van der Waals surface area contributed by atoms with Crippen LogP contribution in [0.25, 0.3) is 21.6 Å². The fraction of sp³-hybridized carbons (Fsp3) is 0.518. The van der Waals surface area contributed by atoms with E-state index in [0.717, 1.165) is 54.7 Å². The molecular weight excluding hydrogens is 1700 g/mol. The predicted molar refractivity (Wildman–Crippen MR) is 462 cm³/mol. The van der Waals surface area contributed by atoms with Gasteiger partial charge in [0.05, 0.1) is 104 Å². The van der Waals surface area contributed by atoms with E-state index < -0.39 is 175 Å². The van der Waals surface area contributed by atoms with Crippen LogP contribution in [0.3, 0.4) is 0 Å². The zero-order valence-electron chi connectivity index (χ0n) is 73.3. The van der Waals surface area contributed by atoms with E-state index in [4.69, 9.17) is 40.1 Å². The summed E-state index contributed by atoms with van der Waals surface area (Å²) in [7, 11) is 0. The Balaban J connectivity index is 1.14. The number of azide groups is 1. The summed E-state index contributed by atoms with van der Waals surface area (Å²) in [5, 5.41) is 95.1. The second-order valence-electron chi connectivity index (χ2n) is 31.0. The quantitative estimate of drug-likeness (QED) is 0.00669. The molecule has 12 amide bonds. The number of primary amides is 1. The standard InChI is InChI=1S/C85H118FN21O23/c1-7-56-42-60(130-32-11-10-29-94-105-88)25-26-61(56)57-23-21-54(22-24-57)41-64(76(118)95-63(74(87)116)16-12-13-53-17-19-55(20-18-53)46-91-69(112)28-33-126-35-37-128-39-40-129-38-36-127-34-31-108)96-77(119)66(44-71(114)115)97-78(120)67(49-109)98-79(121)72(51(2)110)101-83(125)85(6,45-58-14-8-9-15-62(58)86)102-80(122)73(52(3)111)100-70(113)48-92-75(117)65(43-68-103-106-107-104-68)99-82(124)84(4,5)81(123)90-30-27-59-47-89-50-93-59/h8-9,14-15,17-26,42,47,50-52,63-67,72-73,108-111H,7,10-13,16,27-41,43-46,48-49H2,1-6H3,(H2,87,116)(H,89,93)(H,90,123)(H,91,112)(H,92,117)(H,95,118)(H,96,119)(H,97,120)(H,98,121)(H,99,124)(H,100,113)(H,101,125)(H,102,122)(H,114,115)(H,103,104,106,107)/t51-,52-,63+,64+,65+,66+,67+,72+,73+,85-/m1/s1. The van der Waals surface area contributed by atoms with Crippen molar-refractivity contribution in [2.45, 2.75) is 185 Å². The Morgan fingerprint density at radius 3 is 1.84 bits per heavy atom. The fourth-order valence-corrected chi connectivity index (χ4v) is 12.8. The maximum atomic E-state index is 15.6. The third-order valence-corrected chi connectivity index (χ3v) is 20.3. The van der Waals surface area contributed by atoms with Crippen LogP contribution in [0.5, 0.6) is 5.75 Å². The minimum atomic E-state index is -2.43. The smallest absolute Gasteiger partial charge is 0.305 e. The van der Waals surface area contributed by atoms with Gasteiger partial charge < -0.3 is 118 Å². The van der Waals surface area contributed by atoms with Crippen LogP contribution in [0.1, 0.15) is 119 Å². The Morgan fingerprint density at radius 1 is 0.608 bits per heavy atom. The number of nitrogens with two attached hydrogens (primary N) is 1. The summed E-state index contributed by atoms with van der Waals surface area (Å²) in [6.07, 6.45) is -0.473. The third-order valence-electron chi connectivity index (χ3n) is 20.3. The molecule has 0 unspecified atom stereocenters. The second kappa shape index (κ2) is 55.7.